The van der Waals surface area contributed by atoms with Crippen molar-refractivity contribution in [3.63, 3.8) is 0 Å². The second kappa shape index (κ2) is 5.96. The maximum Gasteiger partial charge on any atom is 0.122 e. The summed E-state index contributed by atoms with van der Waals surface area (Å²) in [6, 6.07) is 6.48. The highest BCUT2D eigenvalue weighted by molar-refractivity contribution is 5.39. The normalized spacial score (nSPS) is 12.6. The van der Waals surface area contributed by atoms with Gasteiger partial charge in [-0.3, -0.25) is 0 Å². The van der Waals surface area contributed by atoms with E-state index in [0.717, 1.165) is 12.2 Å². The monoisotopic (exact) mass is 264 g/mol. The Labute approximate surface area is 118 Å². The van der Waals surface area contributed by atoms with Crippen molar-refractivity contribution < 1.29 is 9.47 Å². The van der Waals surface area contributed by atoms with Gasteiger partial charge in [0.15, 0.2) is 0 Å². The van der Waals surface area contributed by atoms with Gasteiger partial charge in [0.1, 0.15) is 5.75 Å². The van der Waals surface area contributed by atoms with Crippen molar-refractivity contribution >= 4 is 0 Å². The Balaban J connectivity index is 2.73. The predicted molar refractivity (Wildman–Crippen MR) is 81.1 cm³/mol. The lowest BCUT2D eigenvalue weighted by atomic mass is 9.86. The number of hydrogen-bond donors (Lipinski definition) is 0. The molecule has 0 saturated heterocycles. The molecule has 0 heterocycles. The molecule has 2 nitrogen and oxygen atoms in total. The first-order chi connectivity index (χ1) is 8.65. The Bertz CT molecular complexity index is 414. The second-order valence-electron chi connectivity index (χ2n) is 6.79. The van der Waals surface area contributed by atoms with E-state index < -0.39 is 0 Å². The predicted octanol–water partition coefficient (Wildman–Crippen LogP) is 4.49. The summed E-state index contributed by atoms with van der Waals surface area (Å²) in [5.41, 5.74) is 2.51. The molecule has 0 aliphatic rings. The van der Waals surface area contributed by atoms with E-state index in [4.69, 9.17) is 9.47 Å². The number of rotatable bonds is 5. The summed E-state index contributed by atoms with van der Waals surface area (Å²) in [7, 11) is 1.74. The third kappa shape index (κ3) is 4.87. The van der Waals surface area contributed by atoms with E-state index in [1.54, 1.807) is 7.11 Å². The molecule has 0 atom stereocenters. The zero-order chi connectivity index (χ0) is 14.7. The van der Waals surface area contributed by atoms with Gasteiger partial charge in [-0.05, 0) is 43.4 Å². The molecule has 0 radical (unpaired) electrons. The number of hydrogen-bond acceptors (Lipinski definition) is 2. The van der Waals surface area contributed by atoms with Crippen LogP contribution in [0.4, 0.5) is 0 Å². The highest BCUT2D eigenvalue weighted by Gasteiger charge is 2.18. The highest BCUT2D eigenvalue weighted by atomic mass is 16.5. The number of methoxy groups -OCH3 is 1. The van der Waals surface area contributed by atoms with Crippen LogP contribution in [0.15, 0.2) is 18.2 Å². The van der Waals surface area contributed by atoms with Crippen LogP contribution in [0, 0.1) is 6.92 Å². The molecule has 0 fully saturated rings. The van der Waals surface area contributed by atoms with Gasteiger partial charge in [-0.25, -0.2) is 0 Å². The Morgan fingerprint density at radius 1 is 1.05 bits per heavy atom. The SMILES string of the molecule is COC(C)(C)CCOc1cc(C(C)(C)C)ccc1C. The molecule has 1 aromatic carbocycles. The minimum absolute atomic E-state index is 0.129. The van der Waals surface area contributed by atoms with Crippen molar-refractivity contribution in [1.29, 1.82) is 0 Å². The summed E-state index contributed by atoms with van der Waals surface area (Å²) in [6.45, 7) is 13.6. The molecule has 19 heavy (non-hydrogen) atoms. The van der Waals surface area contributed by atoms with Crippen LogP contribution < -0.4 is 4.74 Å². The molecule has 0 aliphatic heterocycles. The van der Waals surface area contributed by atoms with Gasteiger partial charge in [-0.2, -0.15) is 0 Å². The van der Waals surface area contributed by atoms with E-state index in [1.165, 1.54) is 11.1 Å². The van der Waals surface area contributed by atoms with E-state index in [1.807, 2.05) is 0 Å². The summed E-state index contributed by atoms with van der Waals surface area (Å²) in [6.07, 6.45) is 0.878. The van der Waals surface area contributed by atoms with Gasteiger partial charge >= 0.3 is 0 Å². The first kappa shape index (κ1) is 16.0. The van der Waals surface area contributed by atoms with Crippen molar-refractivity contribution in [1.82, 2.24) is 0 Å². The number of aryl methyl sites for hydroxylation is 1. The molecule has 0 spiro atoms. The molecule has 1 rings (SSSR count). The Morgan fingerprint density at radius 2 is 1.68 bits per heavy atom. The highest BCUT2D eigenvalue weighted by Crippen LogP contribution is 2.28. The van der Waals surface area contributed by atoms with Crippen LogP contribution in [0.2, 0.25) is 0 Å². The van der Waals surface area contributed by atoms with Crippen molar-refractivity contribution in [2.24, 2.45) is 0 Å². The second-order valence-corrected chi connectivity index (χ2v) is 6.79. The average molecular weight is 264 g/mol. The summed E-state index contributed by atoms with van der Waals surface area (Å²) < 4.78 is 11.3. The zero-order valence-electron chi connectivity index (χ0n) is 13.5. The summed E-state index contributed by atoms with van der Waals surface area (Å²) >= 11 is 0. The lowest BCUT2D eigenvalue weighted by Crippen LogP contribution is -2.25. The maximum absolute atomic E-state index is 5.93. The van der Waals surface area contributed by atoms with E-state index in [0.29, 0.717) is 6.61 Å². The Morgan fingerprint density at radius 3 is 2.21 bits per heavy atom. The van der Waals surface area contributed by atoms with Crippen molar-refractivity contribution in [2.45, 2.75) is 59.0 Å². The maximum atomic E-state index is 5.93. The lowest BCUT2D eigenvalue weighted by Gasteiger charge is -2.24. The van der Waals surface area contributed by atoms with E-state index in [2.05, 4.69) is 59.7 Å². The standard InChI is InChI=1S/C17H28O2/c1-13-8-9-14(16(2,3)4)12-15(13)19-11-10-17(5,6)18-7/h8-9,12H,10-11H2,1-7H3. The molecule has 0 bridgehead atoms. The molecular formula is C17H28O2. The number of benzene rings is 1. The van der Waals surface area contributed by atoms with Crippen molar-refractivity contribution in [3.05, 3.63) is 29.3 Å². The van der Waals surface area contributed by atoms with Crippen molar-refractivity contribution in [2.75, 3.05) is 13.7 Å². The molecule has 108 valence electrons. The Kier molecular flexibility index (Phi) is 5.03. The van der Waals surface area contributed by atoms with Crippen LogP contribution in [-0.2, 0) is 10.2 Å². The molecule has 0 unspecified atom stereocenters. The third-order valence-corrected chi connectivity index (χ3v) is 3.57. The largest absolute Gasteiger partial charge is 0.493 e. The Hall–Kier alpha value is -1.02. The zero-order valence-corrected chi connectivity index (χ0v) is 13.5. The van der Waals surface area contributed by atoms with Crippen LogP contribution in [0.25, 0.3) is 0 Å². The van der Waals surface area contributed by atoms with Crippen LogP contribution in [0.5, 0.6) is 5.75 Å². The average Bonchev–Trinajstić information content (AvgIpc) is 2.30. The van der Waals surface area contributed by atoms with Gasteiger partial charge in [-0.15, -0.1) is 0 Å². The smallest absolute Gasteiger partial charge is 0.122 e. The topological polar surface area (TPSA) is 18.5 Å². The molecule has 0 N–H and O–H groups in total. The summed E-state index contributed by atoms with van der Waals surface area (Å²) in [4.78, 5) is 0. The van der Waals surface area contributed by atoms with Crippen LogP contribution >= 0.6 is 0 Å². The van der Waals surface area contributed by atoms with Gasteiger partial charge in [0.25, 0.3) is 0 Å². The van der Waals surface area contributed by atoms with E-state index in [9.17, 15) is 0 Å². The third-order valence-electron chi connectivity index (χ3n) is 3.57. The first-order valence-corrected chi connectivity index (χ1v) is 6.95. The lowest BCUT2D eigenvalue weighted by molar-refractivity contribution is 0.00538. The fourth-order valence-corrected chi connectivity index (χ4v) is 1.73. The van der Waals surface area contributed by atoms with E-state index in [-0.39, 0.29) is 11.0 Å². The van der Waals surface area contributed by atoms with Gasteiger partial charge in [0.05, 0.1) is 12.2 Å². The van der Waals surface area contributed by atoms with Gasteiger partial charge in [-0.1, -0.05) is 32.9 Å². The molecule has 0 saturated carbocycles. The molecule has 1 aromatic rings. The first-order valence-electron chi connectivity index (χ1n) is 6.95. The molecular weight excluding hydrogens is 236 g/mol. The van der Waals surface area contributed by atoms with Crippen molar-refractivity contribution in [3.8, 4) is 5.75 Å². The fraction of sp³-hybridized carbons (Fsp3) is 0.647. The van der Waals surface area contributed by atoms with Crippen LogP contribution in [0.3, 0.4) is 0 Å². The van der Waals surface area contributed by atoms with E-state index >= 15 is 0 Å². The fourth-order valence-electron chi connectivity index (χ4n) is 1.73. The molecule has 2 heteroatoms. The summed E-state index contributed by atoms with van der Waals surface area (Å²) in [5, 5.41) is 0. The quantitative estimate of drug-likeness (QED) is 0.780. The van der Waals surface area contributed by atoms with Crippen LogP contribution in [0.1, 0.15) is 52.2 Å². The molecule has 0 aliphatic carbocycles. The minimum Gasteiger partial charge on any atom is -0.493 e. The van der Waals surface area contributed by atoms with Crippen LogP contribution in [-0.4, -0.2) is 19.3 Å². The van der Waals surface area contributed by atoms with Gasteiger partial charge in [0.2, 0.25) is 0 Å². The number of ether oxygens (including phenoxy) is 2. The minimum atomic E-state index is -0.129. The molecule has 0 amide bonds. The van der Waals surface area contributed by atoms with Gasteiger partial charge in [0, 0.05) is 13.5 Å². The summed E-state index contributed by atoms with van der Waals surface area (Å²) in [5.74, 6) is 0.985. The molecule has 0 aromatic heterocycles. The van der Waals surface area contributed by atoms with Gasteiger partial charge < -0.3 is 9.47 Å².